The van der Waals surface area contributed by atoms with E-state index in [0.717, 1.165) is 67.8 Å². The minimum atomic E-state index is 0.829. The molecule has 2 saturated heterocycles. The molecule has 2 aliphatic heterocycles. The Labute approximate surface area is 157 Å². The molecule has 3 aromatic heterocycles. The average molecular weight is 362 g/mol. The number of hydrogen-bond acceptors (Lipinski definition) is 8. The number of rotatable bonds is 3. The molecule has 138 valence electrons. The molecule has 5 heterocycles. The van der Waals surface area contributed by atoms with Crippen molar-refractivity contribution in [2.75, 3.05) is 54.0 Å². The highest BCUT2D eigenvalue weighted by molar-refractivity contribution is 5.88. The lowest BCUT2D eigenvalue weighted by Gasteiger charge is -2.36. The van der Waals surface area contributed by atoms with Gasteiger partial charge in [-0.2, -0.15) is 4.98 Å². The third-order valence-corrected chi connectivity index (χ3v) is 5.34. The fraction of sp³-hybridized carbons (Fsp3) is 0.421. The second kappa shape index (κ2) is 6.94. The summed E-state index contributed by atoms with van der Waals surface area (Å²) < 4.78 is 0. The molecule has 0 bridgehead atoms. The van der Waals surface area contributed by atoms with Gasteiger partial charge in [0.2, 0.25) is 5.95 Å². The van der Waals surface area contributed by atoms with Crippen molar-refractivity contribution in [3.63, 3.8) is 0 Å². The summed E-state index contributed by atoms with van der Waals surface area (Å²) in [6.45, 7) is 5.71. The van der Waals surface area contributed by atoms with E-state index >= 15 is 0 Å². The van der Waals surface area contributed by atoms with Crippen LogP contribution in [-0.2, 0) is 0 Å². The maximum atomic E-state index is 4.81. The zero-order valence-corrected chi connectivity index (χ0v) is 15.2. The molecule has 3 aromatic rings. The first kappa shape index (κ1) is 16.2. The Morgan fingerprint density at radius 1 is 0.741 bits per heavy atom. The molecule has 0 aromatic carbocycles. The van der Waals surface area contributed by atoms with Crippen LogP contribution in [0.25, 0.3) is 10.9 Å². The number of aromatic nitrogens is 5. The van der Waals surface area contributed by atoms with Crippen LogP contribution in [0.4, 0.5) is 17.6 Å². The van der Waals surface area contributed by atoms with Crippen molar-refractivity contribution in [1.29, 1.82) is 0 Å². The van der Waals surface area contributed by atoms with Gasteiger partial charge in [-0.15, -0.1) is 0 Å². The smallest absolute Gasteiger partial charge is 0.227 e. The fourth-order valence-corrected chi connectivity index (χ4v) is 3.88. The van der Waals surface area contributed by atoms with Crippen LogP contribution in [-0.4, -0.2) is 64.2 Å². The van der Waals surface area contributed by atoms with E-state index in [9.17, 15) is 0 Å². The Morgan fingerprint density at radius 2 is 1.56 bits per heavy atom. The van der Waals surface area contributed by atoms with Crippen LogP contribution in [0.15, 0.2) is 37.1 Å². The third-order valence-electron chi connectivity index (χ3n) is 5.34. The molecule has 8 nitrogen and oxygen atoms in total. The van der Waals surface area contributed by atoms with E-state index in [2.05, 4.69) is 34.6 Å². The molecule has 0 atom stereocenters. The normalized spacial score (nSPS) is 17.7. The van der Waals surface area contributed by atoms with Gasteiger partial charge in [0.05, 0.1) is 11.7 Å². The van der Waals surface area contributed by atoms with Gasteiger partial charge in [-0.25, -0.2) is 15.0 Å². The van der Waals surface area contributed by atoms with Gasteiger partial charge in [0, 0.05) is 57.0 Å². The molecule has 0 N–H and O–H groups in total. The molecule has 5 rings (SSSR count). The summed E-state index contributed by atoms with van der Waals surface area (Å²) in [5.41, 5.74) is 0.881. The number of hydrogen-bond donors (Lipinski definition) is 0. The predicted molar refractivity (Wildman–Crippen MR) is 105 cm³/mol. The van der Waals surface area contributed by atoms with Crippen molar-refractivity contribution in [2.24, 2.45) is 0 Å². The van der Waals surface area contributed by atoms with Crippen molar-refractivity contribution >= 4 is 28.5 Å². The van der Waals surface area contributed by atoms with Crippen molar-refractivity contribution < 1.29 is 0 Å². The molecule has 0 aliphatic carbocycles. The van der Waals surface area contributed by atoms with Crippen molar-refractivity contribution in [2.45, 2.75) is 12.8 Å². The molecule has 2 fully saturated rings. The largest absolute Gasteiger partial charge is 0.356 e. The summed E-state index contributed by atoms with van der Waals surface area (Å²) >= 11 is 0. The quantitative estimate of drug-likeness (QED) is 0.698. The number of anilines is 3. The maximum Gasteiger partial charge on any atom is 0.227 e. The van der Waals surface area contributed by atoms with Crippen LogP contribution in [0.1, 0.15) is 12.8 Å². The Kier molecular flexibility index (Phi) is 4.16. The van der Waals surface area contributed by atoms with Crippen molar-refractivity contribution in [3.05, 3.63) is 37.1 Å². The monoisotopic (exact) mass is 362 g/mol. The molecule has 8 heteroatoms. The number of piperazine rings is 1. The third kappa shape index (κ3) is 3.11. The highest BCUT2D eigenvalue weighted by atomic mass is 15.3. The SMILES string of the molecule is c1cc2c(N3CCN(c4nccc(N5CCCC5)n4)CC3)ncnc2cn1. The molecule has 2 aliphatic rings. The second-order valence-electron chi connectivity index (χ2n) is 6.97. The number of pyridine rings is 1. The number of nitrogens with zero attached hydrogens (tertiary/aromatic N) is 8. The van der Waals surface area contributed by atoms with E-state index in [1.54, 1.807) is 18.7 Å². The van der Waals surface area contributed by atoms with Gasteiger partial charge in [0.25, 0.3) is 0 Å². The molecular formula is C19H22N8. The van der Waals surface area contributed by atoms with Gasteiger partial charge in [0.15, 0.2) is 0 Å². The topological polar surface area (TPSA) is 74.2 Å². The lowest BCUT2D eigenvalue weighted by atomic mass is 10.2. The highest BCUT2D eigenvalue weighted by Gasteiger charge is 2.22. The van der Waals surface area contributed by atoms with Crippen LogP contribution in [0.5, 0.6) is 0 Å². The Morgan fingerprint density at radius 3 is 2.41 bits per heavy atom. The predicted octanol–water partition coefficient (Wildman–Crippen LogP) is 1.74. The van der Waals surface area contributed by atoms with Crippen molar-refractivity contribution in [1.82, 2.24) is 24.9 Å². The summed E-state index contributed by atoms with van der Waals surface area (Å²) in [4.78, 5) is 29.2. The van der Waals surface area contributed by atoms with Gasteiger partial charge in [0.1, 0.15) is 18.0 Å². The Hall–Kier alpha value is -3.03. The van der Waals surface area contributed by atoms with Crippen LogP contribution >= 0.6 is 0 Å². The van der Waals surface area contributed by atoms with E-state index in [4.69, 9.17) is 4.98 Å². The highest BCUT2D eigenvalue weighted by Crippen LogP contribution is 2.24. The number of fused-ring (bicyclic) bond motifs is 1. The van der Waals surface area contributed by atoms with Crippen molar-refractivity contribution in [3.8, 4) is 0 Å². The first-order valence-corrected chi connectivity index (χ1v) is 9.51. The first-order chi connectivity index (χ1) is 13.4. The zero-order chi connectivity index (χ0) is 18.1. The molecule has 0 unspecified atom stereocenters. The minimum absolute atomic E-state index is 0.829. The summed E-state index contributed by atoms with van der Waals surface area (Å²) in [6, 6.07) is 4.01. The van der Waals surface area contributed by atoms with E-state index < -0.39 is 0 Å². The van der Waals surface area contributed by atoms with Gasteiger partial charge in [-0.3, -0.25) is 4.98 Å². The van der Waals surface area contributed by atoms with E-state index in [-0.39, 0.29) is 0 Å². The lowest BCUT2D eigenvalue weighted by molar-refractivity contribution is 0.635. The Balaban J connectivity index is 1.32. The zero-order valence-electron chi connectivity index (χ0n) is 15.2. The second-order valence-corrected chi connectivity index (χ2v) is 6.97. The molecule has 0 saturated carbocycles. The average Bonchev–Trinajstić information content (AvgIpc) is 3.29. The summed E-state index contributed by atoms with van der Waals surface area (Å²) in [7, 11) is 0. The summed E-state index contributed by atoms with van der Waals surface area (Å²) in [5.74, 6) is 2.86. The maximum absolute atomic E-state index is 4.81. The molecule has 0 amide bonds. The molecule has 0 radical (unpaired) electrons. The van der Waals surface area contributed by atoms with Gasteiger partial charge in [-0.05, 0) is 25.0 Å². The Bertz CT molecular complexity index is 926. The van der Waals surface area contributed by atoms with E-state index in [1.165, 1.54) is 12.8 Å². The van der Waals surface area contributed by atoms with Crippen LogP contribution in [0, 0.1) is 0 Å². The van der Waals surface area contributed by atoms with E-state index in [0.29, 0.717) is 0 Å². The summed E-state index contributed by atoms with van der Waals surface area (Å²) in [6.07, 6.45) is 9.58. The van der Waals surface area contributed by atoms with Gasteiger partial charge >= 0.3 is 0 Å². The summed E-state index contributed by atoms with van der Waals surface area (Å²) in [5, 5.41) is 1.05. The molecule has 27 heavy (non-hydrogen) atoms. The minimum Gasteiger partial charge on any atom is -0.356 e. The van der Waals surface area contributed by atoms with Crippen LogP contribution in [0.3, 0.4) is 0 Å². The van der Waals surface area contributed by atoms with E-state index in [1.807, 2.05) is 18.3 Å². The van der Waals surface area contributed by atoms with Crippen LogP contribution < -0.4 is 14.7 Å². The van der Waals surface area contributed by atoms with Crippen LogP contribution in [0.2, 0.25) is 0 Å². The fourth-order valence-electron chi connectivity index (χ4n) is 3.88. The first-order valence-electron chi connectivity index (χ1n) is 9.51. The van der Waals surface area contributed by atoms with Gasteiger partial charge in [-0.1, -0.05) is 0 Å². The molecule has 0 spiro atoms. The molecular weight excluding hydrogens is 340 g/mol. The standard InChI is InChI=1S/C19H22N8/c1-2-8-25(7-1)17-4-6-21-19(24-17)27-11-9-26(10-12-27)18-15-3-5-20-13-16(15)22-14-23-18/h3-6,13-14H,1-2,7-12H2. The lowest BCUT2D eigenvalue weighted by Crippen LogP contribution is -2.47. The van der Waals surface area contributed by atoms with Gasteiger partial charge < -0.3 is 14.7 Å².